The molecule has 134 valence electrons. The molecule has 0 saturated heterocycles. The molecule has 9 nitrogen and oxygen atoms in total. The van der Waals surface area contributed by atoms with Gasteiger partial charge in [-0.25, -0.2) is 9.50 Å². The van der Waals surface area contributed by atoms with Gasteiger partial charge >= 0.3 is 0 Å². The van der Waals surface area contributed by atoms with Gasteiger partial charge < -0.3 is 5.32 Å². The third-order valence-electron chi connectivity index (χ3n) is 3.60. The van der Waals surface area contributed by atoms with Crippen molar-refractivity contribution < 1.29 is 9.72 Å². The Balaban J connectivity index is 1.69. The number of thioether (sulfide) groups is 1. The number of benzene rings is 1. The van der Waals surface area contributed by atoms with Gasteiger partial charge in [0.05, 0.1) is 10.2 Å². The van der Waals surface area contributed by atoms with Gasteiger partial charge in [-0.1, -0.05) is 11.8 Å². The fourth-order valence-electron chi connectivity index (χ4n) is 2.32. The normalized spacial score (nSPS) is 12.1. The molecule has 3 aromatic rings. The van der Waals surface area contributed by atoms with Crippen molar-refractivity contribution >= 4 is 34.8 Å². The second kappa shape index (κ2) is 7.08. The van der Waals surface area contributed by atoms with E-state index in [1.165, 1.54) is 36.0 Å². The van der Waals surface area contributed by atoms with E-state index in [1.807, 2.05) is 19.9 Å². The zero-order valence-electron chi connectivity index (χ0n) is 14.3. The van der Waals surface area contributed by atoms with Crippen LogP contribution in [0.2, 0.25) is 0 Å². The zero-order chi connectivity index (χ0) is 18.8. The number of aromatic nitrogens is 4. The van der Waals surface area contributed by atoms with E-state index in [0.29, 0.717) is 16.6 Å². The Kier molecular flexibility index (Phi) is 4.85. The van der Waals surface area contributed by atoms with Crippen LogP contribution in [0, 0.1) is 24.0 Å². The second-order valence-electron chi connectivity index (χ2n) is 5.70. The summed E-state index contributed by atoms with van der Waals surface area (Å²) in [5, 5.41) is 17.7. The quantitative estimate of drug-likeness (QED) is 0.416. The highest BCUT2D eigenvalue weighted by atomic mass is 32.2. The SMILES string of the molecule is Cc1cc(C)n2nc(SC(C)C(=O)Nc3ccc([N+](=O)[O-])cc3)nc2n1. The maximum Gasteiger partial charge on any atom is 0.269 e. The lowest BCUT2D eigenvalue weighted by Crippen LogP contribution is -2.22. The van der Waals surface area contributed by atoms with E-state index in [-0.39, 0.29) is 11.6 Å². The molecule has 0 bridgehead atoms. The first-order valence-corrected chi connectivity index (χ1v) is 8.64. The number of fused-ring (bicyclic) bond motifs is 1. The molecule has 1 amide bonds. The largest absolute Gasteiger partial charge is 0.325 e. The summed E-state index contributed by atoms with van der Waals surface area (Å²) in [4.78, 5) is 31.2. The average Bonchev–Trinajstić information content (AvgIpc) is 2.97. The standard InChI is InChI=1S/C16H16N6O3S/c1-9-8-10(2)21-15(17-9)19-16(20-21)26-11(3)14(23)18-12-4-6-13(7-5-12)22(24)25/h4-8,11H,1-3H3,(H,18,23). The first-order chi connectivity index (χ1) is 12.3. The summed E-state index contributed by atoms with van der Waals surface area (Å²) in [6, 6.07) is 7.57. The lowest BCUT2D eigenvalue weighted by Gasteiger charge is -2.09. The van der Waals surface area contributed by atoms with E-state index in [1.54, 1.807) is 11.4 Å². The molecule has 3 rings (SSSR count). The van der Waals surface area contributed by atoms with Crippen LogP contribution in [-0.4, -0.2) is 35.7 Å². The van der Waals surface area contributed by atoms with Gasteiger partial charge in [-0.15, -0.1) is 5.10 Å². The van der Waals surface area contributed by atoms with Crippen LogP contribution < -0.4 is 5.32 Å². The molecule has 0 aliphatic rings. The molecular weight excluding hydrogens is 356 g/mol. The van der Waals surface area contributed by atoms with Crippen molar-refractivity contribution in [1.29, 1.82) is 0 Å². The van der Waals surface area contributed by atoms with Gasteiger partial charge in [0.2, 0.25) is 11.1 Å². The predicted octanol–water partition coefficient (Wildman–Crippen LogP) is 2.77. The van der Waals surface area contributed by atoms with Gasteiger partial charge in [0.25, 0.3) is 11.5 Å². The highest BCUT2D eigenvalue weighted by Gasteiger charge is 2.18. The summed E-state index contributed by atoms with van der Waals surface area (Å²) >= 11 is 1.22. The van der Waals surface area contributed by atoms with E-state index in [0.717, 1.165) is 11.4 Å². The fourth-order valence-corrected chi connectivity index (χ4v) is 3.07. The number of anilines is 1. The third-order valence-corrected chi connectivity index (χ3v) is 4.55. The number of aryl methyl sites for hydroxylation is 2. The topological polar surface area (TPSA) is 115 Å². The lowest BCUT2D eigenvalue weighted by atomic mass is 10.3. The molecule has 2 heterocycles. The minimum Gasteiger partial charge on any atom is -0.325 e. The van der Waals surface area contributed by atoms with E-state index in [9.17, 15) is 14.9 Å². The van der Waals surface area contributed by atoms with Gasteiger partial charge in [-0.05, 0) is 39.0 Å². The Morgan fingerprint density at radius 2 is 1.96 bits per heavy atom. The van der Waals surface area contributed by atoms with Gasteiger partial charge in [-0.3, -0.25) is 14.9 Å². The molecule has 0 spiro atoms. The minimum atomic E-state index is -0.489. The van der Waals surface area contributed by atoms with Crippen LogP contribution in [0.1, 0.15) is 18.3 Å². The monoisotopic (exact) mass is 372 g/mol. The molecule has 0 aliphatic carbocycles. The number of hydrogen-bond acceptors (Lipinski definition) is 7. The van der Waals surface area contributed by atoms with E-state index in [4.69, 9.17) is 0 Å². The number of non-ortho nitro benzene ring substituents is 1. The summed E-state index contributed by atoms with van der Waals surface area (Å²) in [5.41, 5.74) is 2.22. The number of rotatable bonds is 5. The number of nitrogens with one attached hydrogen (secondary N) is 1. The minimum absolute atomic E-state index is 0.0301. The summed E-state index contributed by atoms with van der Waals surface area (Å²) < 4.78 is 1.64. The number of nitro benzene ring substituents is 1. The van der Waals surface area contributed by atoms with Crippen LogP contribution >= 0.6 is 11.8 Å². The summed E-state index contributed by atoms with van der Waals surface area (Å²) in [7, 11) is 0. The number of nitro groups is 1. The van der Waals surface area contributed by atoms with Gasteiger partial charge in [0, 0.05) is 29.2 Å². The summed E-state index contributed by atoms with van der Waals surface area (Å²) in [6.07, 6.45) is 0. The van der Waals surface area contributed by atoms with Crippen molar-refractivity contribution in [3.05, 3.63) is 51.8 Å². The van der Waals surface area contributed by atoms with Gasteiger partial charge in [-0.2, -0.15) is 4.98 Å². The smallest absolute Gasteiger partial charge is 0.269 e. The Hall–Kier alpha value is -3.01. The van der Waals surface area contributed by atoms with E-state index >= 15 is 0 Å². The number of amides is 1. The van der Waals surface area contributed by atoms with Crippen LogP contribution in [-0.2, 0) is 4.79 Å². The summed E-state index contributed by atoms with van der Waals surface area (Å²) in [5.74, 6) is 0.247. The Labute approximate surface area is 153 Å². The molecule has 0 aliphatic heterocycles. The maximum atomic E-state index is 12.3. The number of carbonyl (C=O) groups excluding carboxylic acids is 1. The molecule has 2 aromatic heterocycles. The Bertz CT molecular complexity index is 986. The van der Waals surface area contributed by atoms with E-state index < -0.39 is 10.2 Å². The van der Waals surface area contributed by atoms with E-state index in [2.05, 4.69) is 20.4 Å². The molecule has 1 atom stereocenters. The zero-order valence-corrected chi connectivity index (χ0v) is 15.1. The highest BCUT2D eigenvalue weighted by molar-refractivity contribution is 8.00. The maximum absolute atomic E-state index is 12.3. The summed E-state index contributed by atoms with van der Waals surface area (Å²) in [6.45, 7) is 5.53. The van der Waals surface area contributed by atoms with Gasteiger partial charge in [0.15, 0.2) is 0 Å². The fraction of sp³-hybridized carbons (Fsp3) is 0.250. The molecular formula is C16H16N6O3S. The predicted molar refractivity (Wildman–Crippen MR) is 97.3 cm³/mol. The second-order valence-corrected chi connectivity index (χ2v) is 7.01. The molecule has 0 saturated carbocycles. The molecule has 0 radical (unpaired) electrons. The molecule has 10 heteroatoms. The van der Waals surface area contributed by atoms with Crippen LogP contribution in [0.4, 0.5) is 11.4 Å². The van der Waals surface area contributed by atoms with Crippen molar-refractivity contribution in [1.82, 2.24) is 19.6 Å². The van der Waals surface area contributed by atoms with Gasteiger partial charge in [0.1, 0.15) is 0 Å². The van der Waals surface area contributed by atoms with Crippen molar-refractivity contribution in [2.24, 2.45) is 0 Å². The lowest BCUT2D eigenvalue weighted by molar-refractivity contribution is -0.384. The molecule has 0 fully saturated rings. The number of carbonyl (C=O) groups is 1. The van der Waals surface area contributed by atoms with Crippen LogP contribution in [0.5, 0.6) is 0 Å². The highest BCUT2D eigenvalue weighted by Crippen LogP contribution is 2.22. The number of nitrogens with zero attached hydrogens (tertiary/aromatic N) is 5. The third kappa shape index (κ3) is 3.80. The molecule has 1 unspecified atom stereocenters. The van der Waals surface area contributed by atoms with Crippen LogP contribution in [0.3, 0.4) is 0 Å². The van der Waals surface area contributed by atoms with Crippen molar-refractivity contribution in [3.63, 3.8) is 0 Å². The Morgan fingerprint density at radius 1 is 1.27 bits per heavy atom. The Morgan fingerprint density at radius 3 is 2.62 bits per heavy atom. The van der Waals surface area contributed by atoms with Crippen LogP contribution in [0.15, 0.2) is 35.5 Å². The molecule has 1 aromatic carbocycles. The first-order valence-electron chi connectivity index (χ1n) is 7.76. The average molecular weight is 372 g/mol. The molecule has 1 N–H and O–H groups in total. The van der Waals surface area contributed by atoms with Crippen molar-refractivity contribution in [2.75, 3.05) is 5.32 Å². The van der Waals surface area contributed by atoms with Crippen molar-refractivity contribution in [3.8, 4) is 0 Å². The van der Waals surface area contributed by atoms with Crippen molar-refractivity contribution in [2.45, 2.75) is 31.2 Å². The molecule has 26 heavy (non-hydrogen) atoms. The van der Waals surface area contributed by atoms with Crippen LogP contribution in [0.25, 0.3) is 5.78 Å². The number of hydrogen-bond donors (Lipinski definition) is 1. The first kappa shape index (κ1) is 17.8.